The molecule has 1 aliphatic rings. The summed E-state index contributed by atoms with van der Waals surface area (Å²) in [6.07, 6.45) is 6.43. The SMILES string of the molecule is O=C(O)C=Cc1ccc(COCC2CCCCO2)s1. The van der Waals surface area contributed by atoms with Gasteiger partial charge in [0.1, 0.15) is 0 Å². The van der Waals surface area contributed by atoms with Crippen LogP contribution in [0.2, 0.25) is 0 Å². The van der Waals surface area contributed by atoms with Gasteiger partial charge >= 0.3 is 5.97 Å². The van der Waals surface area contributed by atoms with Crippen molar-refractivity contribution in [1.29, 1.82) is 0 Å². The van der Waals surface area contributed by atoms with Crippen molar-refractivity contribution < 1.29 is 19.4 Å². The van der Waals surface area contributed by atoms with Crippen LogP contribution in [0, 0.1) is 0 Å². The third kappa shape index (κ3) is 5.14. The molecule has 1 aliphatic heterocycles. The Morgan fingerprint density at radius 2 is 2.42 bits per heavy atom. The van der Waals surface area contributed by atoms with Crippen LogP contribution < -0.4 is 0 Å². The molecule has 1 atom stereocenters. The van der Waals surface area contributed by atoms with Crippen LogP contribution >= 0.6 is 11.3 Å². The highest BCUT2D eigenvalue weighted by Crippen LogP contribution is 2.19. The van der Waals surface area contributed by atoms with Gasteiger partial charge in [-0.25, -0.2) is 4.79 Å². The molecule has 1 aromatic rings. The second-order valence-electron chi connectivity index (χ2n) is 4.48. The zero-order chi connectivity index (χ0) is 13.5. The maximum atomic E-state index is 10.4. The van der Waals surface area contributed by atoms with Gasteiger partial charge < -0.3 is 14.6 Å². The van der Waals surface area contributed by atoms with Crippen molar-refractivity contribution >= 4 is 23.4 Å². The van der Waals surface area contributed by atoms with E-state index in [1.807, 2.05) is 12.1 Å². The van der Waals surface area contributed by atoms with Crippen LogP contribution in [0.1, 0.15) is 29.0 Å². The minimum absolute atomic E-state index is 0.236. The van der Waals surface area contributed by atoms with E-state index in [0.29, 0.717) is 13.2 Å². The second kappa shape index (κ2) is 7.43. The van der Waals surface area contributed by atoms with Gasteiger partial charge in [0.2, 0.25) is 0 Å². The van der Waals surface area contributed by atoms with Crippen molar-refractivity contribution in [3.8, 4) is 0 Å². The molecule has 0 aromatic carbocycles. The van der Waals surface area contributed by atoms with E-state index in [2.05, 4.69) is 0 Å². The Morgan fingerprint density at radius 3 is 3.16 bits per heavy atom. The molecule has 1 N–H and O–H groups in total. The van der Waals surface area contributed by atoms with Gasteiger partial charge in [-0.3, -0.25) is 0 Å². The lowest BCUT2D eigenvalue weighted by atomic mass is 10.1. The summed E-state index contributed by atoms with van der Waals surface area (Å²) < 4.78 is 11.2. The summed E-state index contributed by atoms with van der Waals surface area (Å²) in [6, 6.07) is 3.87. The molecule has 4 nitrogen and oxygen atoms in total. The average molecular weight is 282 g/mol. The van der Waals surface area contributed by atoms with Crippen molar-refractivity contribution in [3.05, 3.63) is 28.0 Å². The van der Waals surface area contributed by atoms with Gasteiger partial charge in [-0.1, -0.05) is 0 Å². The fourth-order valence-corrected chi connectivity index (χ4v) is 2.80. The predicted molar refractivity (Wildman–Crippen MR) is 74.2 cm³/mol. The number of hydrogen-bond donors (Lipinski definition) is 1. The first kappa shape index (κ1) is 14.2. The molecule has 0 aliphatic carbocycles. The van der Waals surface area contributed by atoms with E-state index in [4.69, 9.17) is 14.6 Å². The zero-order valence-electron chi connectivity index (χ0n) is 10.7. The van der Waals surface area contributed by atoms with Gasteiger partial charge in [-0.05, 0) is 37.5 Å². The Morgan fingerprint density at radius 1 is 1.53 bits per heavy atom. The van der Waals surface area contributed by atoms with Crippen molar-refractivity contribution in [2.75, 3.05) is 13.2 Å². The van der Waals surface area contributed by atoms with E-state index in [1.54, 1.807) is 17.4 Å². The van der Waals surface area contributed by atoms with Crippen LogP contribution in [0.25, 0.3) is 6.08 Å². The largest absolute Gasteiger partial charge is 0.478 e. The smallest absolute Gasteiger partial charge is 0.328 e. The third-order valence-electron chi connectivity index (χ3n) is 2.89. The number of carboxylic acids is 1. The number of thiophene rings is 1. The van der Waals surface area contributed by atoms with Gasteiger partial charge in [0.25, 0.3) is 0 Å². The molecule has 104 valence electrons. The molecule has 0 amide bonds. The normalized spacial score (nSPS) is 19.9. The summed E-state index contributed by atoms with van der Waals surface area (Å²) in [5.41, 5.74) is 0. The topological polar surface area (TPSA) is 55.8 Å². The Bertz CT molecular complexity index is 432. The molecule has 0 spiro atoms. The molecule has 1 saturated heterocycles. The first-order chi connectivity index (χ1) is 9.24. The minimum Gasteiger partial charge on any atom is -0.478 e. The van der Waals surface area contributed by atoms with Crippen LogP contribution in [0.3, 0.4) is 0 Å². The van der Waals surface area contributed by atoms with Gasteiger partial charge in [-0.2, -0.15) is 0 Å². The Balaban J connectivity index is 1.72. The predicted octanol–water partition coefficient (Wildman–Crippen LogP) is 2.93. The lowest BCUT2D eigenvalue weighted by Gasteiger charge is -2.22. The molecular formula is C14H18O4S. The zero-order valence-corrected chi connectivity index (χ0v) is 11.5. The highest BCUT2D eigenvalue weighted by atomic mass is 32.1. The van der Waals surface area contributed by atoms with E-state index in [0.717, 1.165) is 35.3 Å². The highest BCUT2D eigenvalue weighted by Gasteiger charge is 2.13. The average Bonchev–Trinajstić information content (AvgIpc) is 2.86. The summed E-state index contributed by atoms with van der Waals surface area (Å²) in [6.45, 7) is 2.04. The molecular weight excluding hydrogens is 264 g/mol. The van der Waals surface area contributed by atoms with Crippen molar-refractivity contribution in [1.82, 2.24) is 0 Å². The Kier molecular flexibility index (Phi) is 5.57. The molecule has 0 bridgehead atoms. The molecule has 1 fully saturated rings. The number of ether oxygens (including phenoxy) is 2. The fraction of sp³-hybridized carbons (Fsp3) is 0.500. The Labute approximate surface area is 116 Å². The maximum absolute atomic E-state index is 10.4. The third-order valence-corrected chi connectivity index (χ3v) is 3.92. The van der Waals surface area contributed by atoms with Crippen molar-refractivity contribution in [3.63, 3.8) is 0 Å². The van der Waals surface area contributed by atoms with Crippen LogP contribution in [-0.2, 0) is 20.9 Å². The molecule has 0 saturated carbocycles. The molecule has 2 heterocycles. The summed E-state index contributed by atoms with van der Waals surface area (Å²) >= 11 is 1.55. The van der Waals surface area contributed by atoms with E-state index in [1.165, 1.54) is 6.42 Å². The molecule has 1 unspecified atom stereocenters. The van der Waals surface area contributed by atoms with Crippen molar-refractivity contribution in [2.45, 2.75) is 32.0 Å². The van der Waals surface area contributed by atoms with Gasteiger partial charge in [0, 0.05) is 22.4 Å². The van der Waals surface area contributed by atoms with Crippen LogP contribution in [0.4, 0.5) is 0 Å². The second-order valence-corrected chi connectivity index (χ2v) is 5.68. The van der Waals surface area contributed by atoms with Gasteiger partial charge in [-0.15, -0.1) is 11.3 Å². The van der Waals surface area contributed by atoms with Crippen LogP contribution in [0.5, 0.6) is 0 Å². The first-order valence-electron chi connectivity index (χ1n) is 6.43. The van der Waals surface area contributed by atoms with E-state index >= 15 is 0 Å². The van der Waals surface area contributed by atoms with Crippen LogP contribution in [0.15, 0.2) is 18.2 Å². The van der Waals surface area contributed by atoms with Gasteiger partial charge in [0.15, 0.2) is 0 Å². The van der Waals surface area contributed by atoms with E-state index < -0.39 is 5.97 Å². The van der Waals surface area contributed by atoms with Crippen LogP contribution in [-0.4, -0.2) is 30.4 Å². The maximum Gasteiger partial charge on any atom is 0.328 e. The molecule has 0 radical (unpaired) electrons. The first-order valence-corrected chi connectivity index (χ1v) is 7.25. The number of rotatable bonds is 6. The van der Waals surface area contributed by atoms with E-state index in [9.17, 15) is 4.79 Å². The van der Waals surface area contributed by atoms with Gasteiger partial charge in [0.05, 0.1) is 19.3 Å². The summed E-state index contributed by atoms with van der Waals surface area (Å²) in [5.74, 6) is -0.930. The number of carboxylic acid groups (broad SMARTS) is 1. The monoisotopic (exact) mass is 282 g/mol. The fourth-order valence-electron chi connectivity index (χ4n) is 1.94. The number of hydrogen-bond acceptors (Lipinski definition) is 4. The van der Waals surface area contributed by atoms with E-state index in [-0.39, 0.29) is 6.10 Å². The molecule has 5 heteroatoms. The summed E-state index contributed by atoms with van der Waals surface area (Å²) in [4.78, 5) is 12.4. The molecule has 2 rings (SSSR count). The lowest BCUT2D eigenvalue weighted by Crippen LogP contribution is -2.24. The molecule has 1 aromatic heterocycles. The number of aliphatic carboxylic acids is 1. The highest BCUT2D eigenvalue weighted by molar-refractivity contribution is 7.12. The minimum atomic E-state index is -0.930. The van der Waals surface area contributed by atoms with Crippen molar-refractivity contribution in [2.24, 2.45) is 0 Å². The summed E-state index contributed by atoms with van der Waals surface area (Å²) in [7, 11) is 0. The quantitative estimate of drug-likeness (QED) is 0.815. The molecule has 19 heavy (non-hydrogen) atoms. The lowest BCUT2D eigenvalue weighted by molar-refractivity contribution is -0.131. The standard InChI is InChI=1S/C14H18O4S/c15-14(16)7-6-12-4-5-13(19-12)10-17-9-11-3-1-2-8-18-11/h4-7,11H,1-3,8-10H2,(H,15,16). The Hall–Kier alpha value is -1.17. The number of carbonyl (C=O) groups is 1. The summed E-state index contributed by atoms with van der Waals surface area (Å²) in [5, 5.41) is 8.55.